The third-order valence-electron chi connectivity index (χ3n) is 4.17. The largest absolute Gasteiger partial charge is 0.495 e. The molecule has 1 heterocycles. The molecule has 3 rings (SSSR count). The third-order valence-corrected chi connectivity index (χ3v) is 4.17. The van der Waals surface area contributed by atoms with Gasteiger partial charge in [0.25, 0.3) is 11.8 Å². The van der Waals surface area contributed by atoms with E-state index >= 15 is 0 Å². The van der Waals surface area contributed by atoms with Crippen LogP contribution >= 0.6 is 0 Å². The highest BCUT2D eigenvalue weighted by Gasteiger charge is 2.12. The molecule has 2 amide bonds. The number of nitrogens with one attached hydrogen (secondary N) is 2. The summed E-state index contributed by atoms with van der Waals surface area (Å²) in [4.78, 5) is 24.6. The van der Waals surface area contributed by atoms with Crippen molar-refractivity contribution >= 4 is 23.2 Å². The van der Waals surface area contributed by atoms with Crippen molar-refractivity contribution in [2.24, 2.45) is 0 Å². The molecule has 2 aromatic carbocycles. The minimum Gasteiger partial charge on any atom is -0.495 e. The van der Waals surface area contributed by atoms with Gasteiger partial charge in [0.15, 0.2) is 12.4 Å². The molecule has 0 spiro atoms. The minimum absolute atomic E-state index is 0.139. The van der Waals surface area contributed by atoms with Gasteiger partial charge in [-0.2, -0.15) is 4.57 Å². The summed E-state index contributed by atoms with van der Waals surface area (Å²) in [5, 5.41) is 5.65. The maximum absolute atomic E-state index is 12.4. The highest BCUT2D eigenvalue weighted by atomic mass is 16.5. The van der Waals surface area contributed by atoms with Crippen molar-refractivity contribution in [2.45, 2.75) is 13.5 Å². The van der Waals surface area contributed by atoms with Gasteiger partial charge in [0.2, 0.25) is 6.54 Å². The van der Waals surface area contributed by atoms with Crippen molar-refractivity contribution in [3.8, 4) is 5.75 Å². The number of carbonyl (C=O) groups excluding carboxylic acids is 2. The highest BCUT2D eigenvalue weighted by Crippen LogP contribution is 2.23. The number of pyridine rings is 1. The quantitative estimate of drug-likeness (QED) is 0.649. The molecule has 0 unspecified atom stereocenters. The SMILES string of the molecule is COc1ccccc1NC(=O)c1ccc(NC(=O)C[n+]2ccc(C)cc2)cc1. The van der Waals surface area contributed by atoms with Crippen molar-refractivity contribution in [3.63, 3.8) is 0 Å². The van der Waals surface area contributed by atoms with Gasteiger partial charge in [-0.15, -0.1) is 0 Å². The van der Waals surface area contributed by atoms with Crippen LogP contribution in [0.1, 0.15) is 15.9 Å². The number of carbonyl (C=O) groups is 2. The highest BCUT2D eigenvalue weighted by molar-refractivity contribution is 6.05. The molecule has 0 saturated heterocycles. The first-order valence-electron chi connectivity index (χ1n) is 8.85. The molecular formula is C22H22N3O3+. The number of methoxy groups -OCH3 is 1. The monoisotopic (exact) mass is 376 g/mol. The standard InChI is InChI=1S/C22H21N3O3/c1-16-11-13-25(14-12-16)15-21(26)23-18-9-7-17(8-10-18)22(27)24-19-5-3-4-6-20(19)28-2/h3-14H,15H2,1-2H3,(H-,23,24,26,27)/p+1. The number of aromatic nitrogens is 1. The lowest BCUT2D eigenvalue weighted by Crippen LogP contribution is -2.39. The molecule has 0 atom stereocenters. The van der Waals surface area contributed by atoms with Crippen LogP contribution in [0.3, 0.4) is 0 Å². The van der Waals surface area contributed by atoms with Crippen LogP contribution in [0, 0.1) is 6.92 Å². The van der Waals surface area contributed by atoms with Gasteiger partial charge in [0.05, 0.1) is 12.8 Å². The number of anilines is 2. The van der Waals surface area contributed by atoms with Crippen molar-refractivity contribution in [1.29, 1.82) is 0 Å². The number of hydrogen-bond donors (Lipinski definition) is 2. The van der Waals surface area contributed by atoms with E-state index in [4.69, 9.17) is 4.74 Å². The number of para-hydroxylation sites is 2. The molecule has 142 valence electrons. The van der Waals surface area contributed by atoms with E-state index in [1.54, 1.807) is 48.1 Å². The fraction of sp³-hybridized carbons (Fsp3) is 0.136. The van der Waals surface area contributed by atoms with Gasteiger partial charge in [-0.05, 0) is 48.9 Å². The lowest BCUT2D eigenvalue weighted by atomic mass is 10.2. The molecule has 0 bridgehead atoms. The number of hydrogen-bond acceptors (Lipinski definition) is 3. The Bertz CT molecular complexity index is 967. The van der Waals surface area contributed by atoms with Gasteiger partial charge in [-0.1, -0.05) is 12.1 Å². The first-order chi connectivity index (χ1) is 13.5. The Balaban J connectivity index is 1.60. The summed E-state index contributed by atoms with van der Waals surface area (Å²) in [6.07, 6.45) is 3.72. The Labute approximate surface area is 163 Å². The fourth-order valence-corrected chi connectivity index (χ4v) is 2.65. The Morgan fingerprint density at radius 1 is 0.929 bits per heavy atom. The van der Waals surface area contributed by atoms with Gasteiger partial charge in [0, 0.05) is 23.4 Å². The summed E-state index contributed by atoms with van der Waals surface area (Å²) < 4.78 is 7.04. The maximum atomic E-state index is 12.4. The van der Waals surface area contributed by atoms with Gasteiger partial charge >= 0.3 is 0 Å². The molecule has 28 heavy (non-hydrogen) atoms. The minimum atomic E-state index is -0.252. The number of rotatable bonds is 6. The predicted octanol–water partition coefficient (Wildman–Crippen LogP) is 3.18. The molecule has 0 radical (unpaired) electrons. The van der Waals surface area contributed by atoms with Crippen LogP contribution in [-0.2, 0) is 11.3 Å². The molecule has 0 fully saturated rings. The number of aryl methyl sites for hydroxylation is 1. The van der Waals surface area contributed by atoms with E-state index in [2.05, 4.69) is 10.6 Å². The summed E-state index contributed by atoms with van der Waals surface area (Å²) in [6, 6.07) is 17.8. The van der Waals surface area contributed by atoms with Gasteiger partial charge < -0.3 is 15.4 Å². The zero-order chi connectivity index (χ0) is 19.9. The van der Waals surface area contributed by atoms with E-state index in [-0.39, 0.29) is 18.4 Å². The molecule has 0 saturated carbocycles. The molecular weight excluding hydrogens is 354 g/mol. The van der Waals surface area contributed by atoms with Crippen molar-refractivity contribution in [1.82, 2.24) is 0 Å². The second kappa shape index (κ2) is 8.81. The predicted molar refractivity (Wildman–Crippen MR) is 107 cm³/mol. The van der Waals surface area contributed by atoms with Crippen LogP contribution in [0.5, 0.6) is 5.75 Å². The van der Waals surface area contributed by atoms with E-state index in [9.17, 15) is 9.59 Å². The normalized spacial score (nSPS) is 10.2. The topological polar surface area (TPSA) is 71.3 Å². The van der Waals surface area contributed by atoms with E-state index in [0.29, 0.717) is 22.7 Å². The van der Waals surface area contributed by atoms with Gasteiger partial charge in [0.1, 0.15) is 5.75 Å². The fourth-order valence-electron chi connectivity index (χ4n) is 2.65. The molecule has 1 aromatic heterocycles. The zero-order valence-electron chi connectivity index (χ0n) is 15.8. The Kier molecular flexibility index (Phi) is 6.01. The lowest BCUT2D eigenvalue weighted by Gasteiger charge is -2.10. The van der Waals surface area contributed by atoms with Crippen molar-refractivity contribution in [3.05, 3.63) is 84.2 Å². The summed E-state index contributed by atoms with van der Waals surface area (Å²) in [6.45, 7) is 2.21. The van der Waals surface area contributed by atoms with Gasteiger partial charge in [-0.3, -0.25) is 9.59 Å². The number of amides is 2. The zero-order valence-corrected chi connectivity index (χ0v) is 15.8. The number of ether oxygens (including phenoxy) is 1. The van der Waals surface area contributed by atoms with Crippen LogP contribution in [0.2, 0.25) is 0 Å². The molecule has 0 aliphatic carbocycles. The molecule has 0 aliphatic heterocycles. The molecule has 6 heteroatoms. The van der Waals surface area contributed by atoms with Crippen LogP contribution in [-0.4, -0.2) is 18.9 Å². The van der Waals surface area contributed by atoms with Crippen molar-refractivity contribution in [2.75, 3.05) is 17.7 Å². The van der Waals surface area contributed by atoms with E-state index < -0.39 is 0 Å². The summed E-state index contributed by atoms with van der Waals surface area (Å²) in [5.41, 5.74) is 2.85. The average molecular weight is 376 g/mol. The lowest BCUT2D eigenvalue weighted by molar-refractivity contribution is -0.684. The Morgan fingerprint density at radius 2 is 1.61 bits per heavy atom. The van der Waals surface area contributed by atoms with E-state index in [0.717, 1.165) is 5.56 Å². The van der Waals surface area contributed by atoms with Crippen LogP contribution in [0.4, 0.5) is 11.4 Å². The first-order valence-corrected chi connectivity index (χ1v) is 8.85. The maximum Gasteiger partial charge on any atom is 0.290 e. The van der Waals surface area contributed by atoms with Crippen LogP contribution in [0.25, 0.3) is 0 Å². The molecule has 0 aliphatic rings. The average Bonchev–Trinajstić information content (AvgIpc) is 2.70. The van der Waals surface area contributed by atoms with E-state index in [1.807, 2.05) is 43.6 Å². The second-order valence-electron chi connectivity index (χ2n) is 6.33. The Morgan fingerprint density at radius 3 is 2.29 bits per heavy atom. The van der Waals surface area contributed by atoms with Crippen LogP contribution < -0.4 is 19.9 Å². The Hall–Kier alpha value is -3.67. The molecule has 2 N–H and O–H groups in total. The number of benzene rings is 2. The summed E-state index contributed by atoms with van der Waals surface area (Å²) >= 11 is 0. The smallest absolute Gasteiger partial charge is 0.290 e. The summed E-state index contributed by atoms with van der Waals surface area (Å²) in [7, 11) is 1.55. The summed E-state index contributed by atoms with van der Waals surface area (Å²) in [5.74, 6) is 0.200. The number of nitrogens with zero attached hydrogens (tertiary/aromatic N) is 1. The second-order valence-corrected chi connectivity index (χ2v) is 6.33. The molecule has 6 nitrogen and oxygen atoms in total. The third kappa shape index (κ3) is 4.94. The molecule has 3 aromatic rings. The first kappa shape index (κ1) is 19.1. The van der Waals surface area contributed by atoms with Crippen LogP contribution in [0.15, 0.2) is 73.1 Å². The van der Waals surface area contributed by atoms with Crippen molar-refractivity contribution < 1.29 is 18.9 Å². The van der Waals surface area contributed by atoms with E-state index in [1.165, 1.54) is 0 Å². The van der Waals surface area contributed by atoms with Gasteiger partial charge in [-0.25, -0.2) is 0 Å².